The second-order valence-electron chi connectivity index (χ2n) is 5.00. The van der Waals surface area contributed by atoms with Crippen molar-refractivity contribution < 1.29 is 8.42 Å². The lowest BCUT2D eigenvalue weighted by atomic mass is 10.1. The molecule has 0 atom stereocenters. The van der Waals surface area contributed by atoms with Crippen LogP contribution < -0.4 is 10.0 Å². The molecule has 0 saturated carbocycles. The molecule has 0 aliphatic rings. The van der Waals surface area contributed by atoms with Gasteiger partial charge < -0.3 is 5.73 Å². The van der Waals surface area contributed by atoms with Crippen LogP contribution in [0.2, 0.25) is 5.02 Å². The molecule has 0 bridgehead atoms. The summed E-state index contributed by atoms with van der Waals surface area (Å²) in [6.45, 7) is 3.86. The zero-order valence-corrected chi connectivity index (χ0v) is 13.7. The molecule has 2 aromatic rings. The molecule has 112 valence electrons. The summed E-state index contributed by atoms with van der Waals surface area (Å²) < 4.78 is 26.5. The molecular weight excluding hydrogens is 308 g/mol. The molecule has 0 saturated heterocycles. The van der Waals surface area contributed by atoms with Crippen molar-refractivity contribution in [2.24, 2.45) is 0 Å². The van der Waals surface area contributed by atoms with E-state index < -0.39 is 10.0 Å². The van der Waals surface area contributed by atoms with Gasteiger partial charge in [-0.3, -0.25) is 4.31 Å². The number of hydrogen-bond acceptors (Lipinski definition) is 3. The standard InChI is InChI=1S/C15H17ClN2O2S/c1-10-6-11(2)8-12(7-10)18(3)21(19,20)13-4-5-14(16)15(17)9-13/h4-9H,17H2,1-3H3. The summed E-state index contributed by atoms with van der Waals surface area (Å²) in [6, 6.07) is 9.95. The van der Waals surface area contributed by atoms with Gasteiger partial charge in [-0.25, -0.2) is 8.42 Å². The van der Waals surface area contributed by atoms with Crippen LogP contribution in [0.1, 0.15) is 11.1 Å². The Morgan fingerprint density at radius 3 is 2.14 bits per heavy atom. The highest BCUT2D eigenvalue weighted by Gasteiger charge is 2.22. The van der Waals surface area contributed by atoms with Crippen molar-refractivity contribution in [3.63, 3.8) is 0 Å². The molecule has 0 radical (unpaired) electrons. The first-order chi connectivity index (χ1) is 9.71. The number of benzene rings is 2. The Labute approximate surface area is 130 Å². The van der Waals surface area contributed by atoms with Crippen LogP contribution >= 0.6 is 11.6 Å². The Morgan fingerprint density at radius 2 is 1.62 bits per heavy atom. The van der Waals surface area contributed by atoms with Crippen LogP contribution in [0.4, 0.5) is 11.4 Å². The van der Waals surface area contributed by atoms with Gasteiger partial charge in [0.1, 0.15) is 0 Å². The molecule has 21 heavy (non-hydrogen) atoms. The maximum atomic E-state index is 12.6. The van der Waals surface area contributed by atoms with Crippen molar-refractivity contribution in [1.29, 1.82) is 0 Å². The van der Waals surface area contributed by atoms with Gasteiger partial charge in [0, 0.05) is 7.05 Å². The fourth-order valence-electron chi connectivity index (χ4n) is 2.11. The van der Waals surface area contributed by atoms with E-state index in [0.717, 1.165) is 11.1 Å². The van der Waals surface area contributed by atoms with E-state index in [0.29, 0.717) is 10.7 Å². The Hall–Kier alpha value is -1.72. The van der Waals surface area contributed by atoms with Gasteiger partial charge in [0.2, 0.25) is 0 Å². The number of sulfonamides is 1. The number of anilines is 2. The molecule has 0 unspecified atom stereocenters. The van der Waals surface area contributed by atoms with Crippen LogP contribution in [-0.2, 0) is 10.0 Å². The zero-order valence-electron chi connectivity index (χ0n) is 12.1. The molecule has 6 heteroatoms. The summed E-state index contributed by atoms with van der Waals surface area (Å²) in [5.74, 6) is 0. The average molecular weight is 325 g/mol. The fourth-order valence-corrected chi connectivity index (χ4v) is 3.44. The van der Waals surface area contributed by atoms with Gasteiger partial charge in [-0.2, -0.15) is 0 Å². The molecule has 4 nitrogen and oxygen atoms in total. The van der Waals surface area contributed by atoms with Gasteiger partial charge in [0.25, 0.3) is 10.0 Å². The van der Waals surface area contributed by atoms with E-state index in [1.165, 1.54) is 29.6 Å². The van der Waals surface area contributed by atoms with Crippen LogP contribution in [0.25, 0.3) is 0 Å². The molecule has 2 rings (SSSR count). The predicted molar refractivity (Wildman–Crippen MR) is 87.4 cm³/mol. The minimum atomic E-state index is -3.67. The van der Waals surface area contributed by atoms with Crippen molar-refractivity contribution in [1.82, 2.24) is 0 Å². The predicted octanol–water partition coefficient (Wildman–Crippen LogP) is 3.36. The number of halogens is 1. The maximum absolute atomic E-state index is 12.6. The van der Waals surface area contributed by atoms with Crippen LogP contribution in [0, 0.1) is 13.8 Å². The Morgan fingerprint density at radius 1 is 1.05 bits per heavy atom. The quantitative estimate of drug-likeness (QED) is 0.880. The van der Waals surface area contributed by atoms with E-state index in [4.69, 9.17) is 17.3 Å². The third-order valence-corrected chi connectivity index (χ3v) is 5.32. The van der Waals surface area contributed by atoms with Crippen molar-refractivity contribution >= 4 is 33.0 Å². The van der Waals surface area contributed by atoms with E-state index in [1.807, 2.05) is 32.0 Å². The first kappa shape index (κ1) is 15.7. The number of hydrogen-bond donors (Lipinski definition) is 1. The topological polar surface area (TPSA) is 63.4 Å². The van der Waals surface area contributed by atoms with Crippen molar-refractivity contribution in [3.05, 3.63) is 52.5 Å². The second kappa shape index (κ2) is 5.58. The summed E-state index contributed by atoms with van der Waals surface area (Å²) in [5, 5.41) is 0.336. The molecule has 0 fully saturated rings. The highest BCUT2D eigenvalue weighted by molar-refractivity contribution is 7.92. The number of aryl methyl sites for hydroxylation is 2. The monoisotopic (exact) mass is 324 g/mol. The number of nitrogens with zero attached hydrogens (tertiary/aromatic N) is 1. The van der Waals surface area contributed by atoms with Gasteiger partial charge in [-0.15, -0.1) is 0 Å². The average Bonchev–Trinajstić information content (AvgIpc) is 2.39. The largest absolute Gasteiger partial charge is 0.397 e. The molecule has 0 aliphatic heterocycles. The highest BCUT2D eigenvalue weighted by atomic mass is 35.5. The van der Waals surface area contributed by atoms with E-state index >= 15 is 0 Å². The number of nitrogens with two attached hydrogens (primary N) is 1. The fraction of sp³-hybridized carbons (Fsp3) is 0.200. The zero-order chi connectivity index (χ0) is 15.8. The van der Waals surface area contributed by atoms with Gasteiger partial charge in [-0.05, 0) is 55.3 Å². The van der Waals surface area contributed by atoms with Gasteiger partial charge >= 0.3 is 0 Å². The normalized spacial score (nSPS) is 11.4. The minimum absolute atomic E-state index is 0.117. The second-order valence-corrected chi connectivity index (χ2v) is 7.38. The third kappa shape index (κ3) is 3.14. The lowest BCUT2D eigenvalue weighted by molar-refractivity contribution is 0.594. The maximum Gasteiger partial charge on any atom is 0.264 e. The first-order valence-corrected chi connectivity index (χ1v) is 8.16. The molecule has 0 aliphatic carbocycles. The molecule has 2 aromatic carbocycles. The van der Waals surface area contributed by atoms with Crippen LogP contribution in [0.3, 0.4) is 0 Å². The molecule has 0 spiro atoms. The van der Waals surface area contributed by atoms with Crippen molar-refractivity contribution in [2.45, 2.75) is 18.7 Å². The SMILES string of the molecule is Cc1cc(C)cc(N(C)S(=O)(=O)c2ccc(Cl)c(N)c2)c1. The van der Waals surface area contributed by atoms with Crippen molar-refractivity contribution in [3.8, 4) is 0 Å². The van der Waals surface area contributed by atoms with Gasteiger partial charge in [0.05, 0.1) is 21.3 Å². The first-order valence-electron chi connectivity index (χ1n) is 6.34. The Kier molecular flexibility index (Phi) is 4.16. The lowest BCUT2D eigenvalue weighted by Gasteiger charge is -2.21. The summed E-state index contributed by atoms with van der Waals surface area (Å²) in [4.78, 5) is 0.117. The molecule has 2 N–H and O–H groups in total. The molecule has 0 aromatic heterocycles. The summed E-state index contributed by atoms with van der Waals surface area (Å²) in [5.41, 5.74) is 8.55. The van der Waals surface area contributed by atoms with Gasteiger partial charge in [-0.1, -0.05) is 17.7 Å². The molecule has 0 amide bonds. The van der Waals surface area contributed by atoms with Crippen LogP contribution in [0.5, 0.6) is 0 Å². The summed E-state index contributed by atoms with van der Waals surface area (Å²) >= 11 is 5.84. The van der Waals surface area contributed by atoms with E-state index in [-0.39, 0.29) is 10.6 Å². The Bertz CT molecular complexity index is 768. The van der Waals surface area contributed by atoms with Gasteiger partial charge in [0.15, 0.2) is 0 Å². The van der Waals surface area contributed by atoms with E-state index in [2.05, 4.69) is 0 Å². The van der Waals surface area contributed by atoms with Crippen molar-refractivity contribution in [2.75, 3.05) is 17.1 Å². The van der Waals surface area contributed by atoms with Crippen LogP contribution in [0.15, 0.2) is 41.3 Å². The smallest absolute Gasteiger partial charge is 0.264 e. The molecule has 0 heterocycles. The van der Waals surface area contributed by atoms with E-state index in [9.17, 15) is 8.42 Å². The number of rotatable bonds is 3. The highest BCUT2D eigenvalue weighted by Crippen LogP contribution is 2.27. The summed E-state index contributed by atoms with van der Waals surface area (Å²) in [6.07, 6.45) is 0. The van der Waals surface area contributed by atoms with E-state index in [1.54, 1.807) is 0 Å². The number of nitrogen functional groups attached to an aromatic ring is 1. The third-order valence-electron chi connectivity index (χ3n) is 3.20. The minimum Gasteiger partial charge on any atom is -0.397 e. The molecular formula is C15H17ClN2O2S. The Balaban J connectivity index is 2.49. The van der Waals surface area contributed by atoms with Crippen LogP contribution in [-0.4, -0.2) is 15.5 Å². The lowest BCUT2D eigenvalue weighted by Crippen LogP contribution is -2.26. The summed E-state index contributed by atoms with van der Waals surface area (Å²) in [7, 11) is -2.15.